The summed E-state index contributed by atoms with van der Waals surface area (Å²) in [5.74, 6) is 1.43. The number of ether oxygens (including phenoxy) is 3. The molecule has 0 aliphatic carbocycles. The molecule has 33 heavy (non-hydrogen) atoms. The second-order valence-corrected chi connectivity index (χ2v) is 7.64. The molecule has 5 rings (SSSR count). The van der Waals surface area contributed by atoms with Crippen LogP contribution in [0.3, 0.4) is 0 Å². The summed E-state index contributed by atoms with van der Waals surface area (Å²) < 4.78 is 41.9. The van der Waals surface area contributed by atoms with E-state index in [2.05, 4.69) is 19.8 Å². The molecule has 1 aliphatic rings. The summed E-state index contributed by atoms with van der Waals surface area (Å²) >= 11 is 1.39. The second-order valence-electron chi connectivity index (χ2n) is 6.80. The number of aromatic nitrogens is 2. The molecule has 0 atom stereocenters. The quantitative estimate of drug-likeness (QED) is 0.373. The van der Waals surface area contributed by atoms with Gasteiger partial charge in [0.05, 0.1) is 23.8 Å². The van der Waals surface area contributed by atoms with E-state index in [1.54, 1.807) is 41.5 Å². The predicted octanol–water partition coefficient (Wildman–Crippen LogP) is 5.06. The first kappa shape index (κ1) is 20.8. The molecule has 2 aromatic heterocycles. The SMILES string of the molecule is FC(F)Oc1ccc(-c2csc(=Nc3cccnc3)n2/N=C/c2ccc3c(c2)OCO3)cc1. The monoisotopic (exact) mass is 466 g/mol. The van der Waals surface area contributed by atoms with Crippen LogP contribution in [-0.4, -0.2) is 29.3 Å². The number of nitrogens with zero attached hydrogens (tertiary/aromatic N) is 4. The third-order valence-corrected chi connectivity index (χ3v) is 5.47. The first-order valence-electron chi connectivity index (χ1n) is 9.80. The molecule has 7 nitrogen and oxygen atoms in total. The average Bonchev–Trinajstić information content (AvgIpc) is 3.45. The lowest BCUT2D eigenvalue weighted by Crippen LogP contribution is -2.11. The Morgan fingerprint density at radius 3 is 2.73 bits per heavy atom. The number of fused-ring (bicyclic) bond motifs is 1. The van der Waals surface area contributed by atoms with Crippen LogP contribution in [0.5, 0.6) is 17.2 Å². The molecule has 10 heteroatoms. The fraction of sp³-hybridized carbons (Fsp3) is 0.0870. The van der Waals surface area contributed by atoms with Crippen LogP contribution in [-0.2, 0) is 0 Å². The summed E-state index contributed by atoms with van der Waals surface area (Å²) in [5, 5.41) is 6.54. The number of hydrogen-bond donors (Lipinski definition) is 0. The summed E-state index contributed by atoms with van der Waals surface area (Å²) in [6, 6.07) is 15.5. The van der Waals surface area contributed by atoms with Crippen LogP contribution < -0.4 is 19.0 Å². The molecule has 0 unspecified atom stereocenters. The molecule has 0 spiro atoms. The van der Waals surface area contributed by atoms with Crippen molar-refractivity contribution >= 4 is 23.2 Å². The van der Waals surface area contributed by atoms with Crippen LogP contribution in [0.15, 0.2) is 82.5 Å². The van der Waals surface area contributed by atoms with Crippen LogP contribution in [0.2, 0.25) is 0 Å². The highest BCUT2D eigenvalue weighted by molar-refractivity contribution is 7.07. The number of halogens is 2. The maximum atomic E-state index is 12.5. The Morgan fingerprint density at radius 1 is 1.09 bits per heavy atom. The Labute approximate surface area is 190 Å². The van der Waals surface area contributed by atoms with Crippen molar-refractivity contribution in [2.75, 3.05) is 6.79 Å². The predicted molar refractivity (Wildman–Crippen MR) is 119 cm³/mol. The Balaban J connectivity index is 1.55. The molecule has 4 aromatic rings. The molecule has 0 amide bonds. The Kier molecular flexibility index (Phi) is 5.81. The van der Waals surface area contributed by atoms with E-state index in [1.165, 1.54) is 23.5 Å². The summed E-state index contributed by atoms with van der Waals surface area (Å²) in [4.78, 5) is 9.36. The zero-order valence-electron chi connectivity index (χ0n) is 17.0. The molecule has 0 bridgehead atoms. The number of alkyl halides is 2. The van der Waals surface area contributed by atoms with Crippen molar-refractivity contribution in [1.29, 1.82) is 0 Å². The van der Waals surface area contributed by atoms with Gasteiger partial charge in [-0.15, -0.1) is 11.3 Å². The van der Waals surface area contributed by atoms with Gasteiger partial charge in [0.25, 0.3) is 0 Å². The van der Waals surface area contributed by atoms with Gasteiger partial charge in [0, 0.05) is 17.1 Å². The van der Waals surface area contributed by atoms with Crippen molar-refractivity contribution in [2.24, 2.45) is 10.1 Å². The van der Waals surface area contributed by atoms with Crippen molar-refractivity contribution in [2.45, 2.75) is 6.61 Å². The van der Waals surface area contributed by atoms with Gasteiger partial charge in [-0.3, -0.25) is 4.98 Å². The third kappa shape index (κ3) is 4.75. The lowest BCUT2D eigenvalue weighted by molar-refractivity contribution is -0.0498. The van der Waals surface area contributed by atoms with Crippen LogP contribution in [0, 0.1) is 0 Å². The van der Waals surface area contributed by atoms with E-state index in [0.29, 0.717) is 22.0 Å². The molecule has 0 radical (unpaired) electrons. The van der Waals surface area contributed by atoms with E-state index >= 15 is 0 Å². The maximum Gasteiger partial charge on any atom is 0.387 e. The molecule has 166 valence electrons. The number of benzene rings is 2. The van der Waals surface area contributed by atoms with Gasteiger partial charge < -0.3 is 14.2 Å². The van der Waals surface area contributed by atoms with Crippen LogP contribution in [0.4, 0.5) is 14.5 Å². The fourth-order valence-corrected chi connectivity index (χ4v) is 4.00. The van der Waals surface area contributed by atoms with E-state index < -0.39 is 6.61 Å². The van der Waals surface area contributed by atoms with Gasteiger partial charge in [-0.1, -0.05) is 0 Å². The molecular formula is C23H16F2N4O3S. The fourth-order valence-electron chi connectivity index (χ4n) is 3.14. The summed E-state index contributed by atoms with van der Waals surface area (Å²) in [5.41, 5.74) is 3.00. The second kappa shape index (κ2) is 9.21. The normalized spacial score (nSPS) is 13.2. The first-order chi connectivity index (χ1) is 16.2. The van der Waals surface area contributed by atoms with Gasteiger partial charge in [-0.25, -0.2) is 9.67 Å². The molecule has 3 heterocycles. The van der Waals surface area contributed by atoms with E-state index in [1.807, 2.05) is 29.6 Å². The molecular weight excluding hydrogens is 450 g/mol. The summed E-state index contributed by atoms with van der Waals surface area (Å²) in [7, 11) is 0. The van der Waals surface area contributed by atoms with Gasteiger partial charge >= 0.3 is 6.61 Å². The van der Waals surface area contributed by atoms with Crippen molar-refractivity contribution in [3.63, 3.8) is 0 Å². The molecule has 0 saturated carbocycles. The highest BCUT2D eigenvalue weighted by Crippen LogP contribution is 2.32. The van der Waals surface area contributed by atoms with Crippen molar-refractivity contribution in [1.82, 2.24) is 9.66 Å². The zero-order chi connectivity index (χ0) is 22.6. The van der Waals surface area contributed by atoms with Gasteiger partial charge in [0.15, 0.2) is 11.5 Å². The molecule has 2 aromatic carbocycles. The first-order valence-corrected chi connectivity index (χ1v) is 10.7. The number of hydrogen-bond acceptors (Lipinski definition) is 7. The van der Waals surface area contributed by atoms with E-state index in [9.17, 15) is 8.78 Å². The van der Waals surface area contributed by atoms with Crippen LogP contribution >= 0.6 is 11.3 Å². The maximum absolute atomic E-state index is 12.5. The highest BCUT2D eigenvalue weighted by Gasteiger charge is 2.13. The van der Waals surface area contributed by atoms with E-state index in [4.69, 9.17) is 9.47 Å². The van der Waals surface area contributed by atoms with Gasteiger partial charge in [0.2, 0.25) is 11.6 Å². The lowest BCUT2D eigenvalue weighted by Gasteiger charge is -2.07. The average molecular weight is 466 g/mol. The standard InChI is InChI=1S/C23H16F2N4O3S/c24-22(25)32-18-6-4-16(5-7-18)19-13-33-23(28-17-2-1-9-26-12-17)29(19)27-11-15-3-8-20-21(10-15)31-14-30-20/h1-13,22H,14H2/b27-11+,28-23?. The number of thiazole rings is 1. The minimum atomic E-state index is -2.88. The van der Waals surface area contributed by atoms with Crippen molar-refractivity contribution in [3.8, 4) is 28.5 Å². The van der Waals surface area contributed by atoms with Crippen LogP contribution in [0.1, 0.15) is 5.56 Å². The Morgan fingerprint density at radius 2 is 1.94 bits per heavy atom. The molecule has 0 N–H and O–H groups in total. The zero-order valence-corrected chi connectivity index (χ0v) is 17.8. The van der Waals surface area contributed by atoms with Gasteiger partial charge in [-0.05, 0) is 60.2 Å². The third-order valence-electron chi connectivity index (χ3n) is 4.65. The minimum Gasteiger partial charge on any atom is -0.454 e. The summed E-state index contributed by atoms with van der Waals surface area (Å²) in [6.45, 7) is -2.68. The van der Waals surface area contributed by atoms with Gasteiger partial charge in [-0.2, -0.15) is 13.9 Å². The van der Waals surface area contributed by atoms with Crippen molar-refractivity contribution < 1.29 is 23.0 Å². The van der Waals surface area contributed by atoms with Gasteiger partial charge in [0.1, 0.15) is 5.75 Å². The number of pyridine rings is 1. The smallest absolute Gasteiger partial charge is 0.387 e. The number of rotatable bonds is 6. The topological polar surface area (TPSA) is 70.2 Å². The van der Waals surface area contributed by atoms with Crippen LogP contribution in [0.25, 0.3) is 11.3 Å². The van der Waals surface area contributed by atoms with E-state index in [0.717, 1.165) is 16.8 Å². The Bertz CT molecular complexity index is 1350. The highest BCUT2D eigenvalue weighted by atomic mass is 32.1. The largest absolute Gasteiger partial charge is 0.454 e. The molecule has 1 aliphatic heterocycles. The molecule has 0 saturated heterocycles. The van der Waals surface area contributed by atoms with E-state index in [-0.39, 0.29) is 12.5 Å². The van der Waals surface area contributed by atoms with Crippen molar-refractivity contribution in [3.05, 3.63) is 82.7 Å². The molecule has 0 fully saturated rings. The Hall–Kier alpha value is -4.05. The summed E-state index contributed by atoms with van der Waals surface area (Å²) in [6.07, 6.45) is 5.02. The minimum absolute atomic E-state index is 0.0830. The lowest BCUT2D eigenvalue weighted by atomic mass is 10.2.